The SMILES string of the molecule is Cc1cc(P(OCC(C)C)c2ccccc2)cc(C)c1C=O.[H-].[Li+]. The molecule has 23 heavy (non-hydrogen) atoms. The van der Waals surface area contributed by atoms with Gasteiger partial charge in [-0.2, -0.15) is 0 Å². The van der Waals surface area contributed by atoms with E-state index >= 15 is 0 Å². The van der Waals surface area contributed by atoms with E-state index < -0.39 is 8.15 Å². The normalized spacial score (nSPS) is 11.9. The van der Waals surface area contributed by atoms with E-state index in [2.05, 4.69) is 38.1 Å². The zero-order chi connectivity index (χ0) is 16.1. The number of hydrogen-bond donors (Lipinski definition) is 0. The summed E-state index contributed by atoms with van der Waals surface area (Å²) < 4.78 is 6.24. The minimum absolute atomic E-state index is 0. The van der Waals surface area contributed by atoms with Gasteiger partial charge in [0.1, 0.15) is 0 Å². The van der Waals surface area contributed by atoms with Crippen LogP contribution in [0.3, 0.4) is 0 Å². The first-order valence-corrected chi connectivity index (χ1v) is 8.83. The van der Waals surface area contributed by atoms with Crippen LogP contribution in [0.15, 0.2) is 42.5 Å². The van der Waals surface area contributed by atoms with Crippen LogP contribution in [0.5, 0.6) is 0 Å². The van der Waals surface area contributed by atoms with Crippen molar-refractivity contribution in [1.29, 1.82) is 0 Å². The van der Waals surface area contributed by atoms with Gasteiger partial charge >= 0.3 is 18.9 Å². The van der Waals surface area contributed by atoms with E-state index in [4.69, 9.17) is 4.52 Å². The Balaban J connectivity index is 0.00000264. The second-order valence-corrected chi connectivity index (χ2v) is 7.81. The molecule has 0 spiro atoms. The predicted octanol–water partition coefficient (Wildman–Crippen LogP) is 1.25. The van der Waals surface area contributed by atoms with Crippen molar-refractivity contribution in [3.05, 3.63) is 59.2 Å². The van der Waals surface area contributed by atoms with Crippen molar-refractivity contribution < 1.29 is 29.6 Å². The summed E-state index contributed by atoms with van der Waals surface area (Å²) in [5, 5.41) is 2.37. The summed E-state index contributed by atoms with van der Waals surface area (Å²) in [6.45, 7) is 9.02. The van der Waals surface area contributed by atoms with Crippen LogP contribution in [0, 0.1) is 19.8 Å². The molecule has 1 unspecified atom stereocenters. The molecule has 0 aliphatic rings. The van der Waals surface area contributed by atoms with E-state index in [0.717, 1.165) is 29.6 Å². The van der Waals surface area contributed by atoms with E-state index in [-0.39, 0.29) is 20.3 Å². The van der Waals surface area contributed by atoms with Gasteiger partial charge in [0, 0.05) is 16.2 Å². The van der Waals surface area contributed by atoms with E-state index in [1.54, 1.807) is 0 Å². The average molecular weight is 322 g/mol. The molecule has 4 heteroatoms. The molecule has 1 atom stereocenters. The average Bonchev–Trinajstić information content (AvgIpc) is 2.48. The molecule has 2 aromatic rings. The van der Waals surface area contributed by atoms with Crippen molar-refractivity contribution in [1.82, 2.24) is 0 Å². The van der Waals surface area contributed by atoms with Crippen molar-refractivity contribution in [3.63, 3.8) is 0 Å². The number of aldehydes is 1. The first kappa shape index (κ1) is 20.1. The van der Waals surface area contributed by atoms with E-state index in [1.165, 1.54) is 10.6 Å². The molecule has 118 valence electrons. The zero-order valence-electron chi connectivity index (χ0n) is 15.7. The largest absolute Gasteiger partial charge is 1.00 e. The summed E-state index contributed by atoms with van der Waals surface area (Å²) in [6.07, 6.45) is 0.939. The van der Waals surface area contributed by atoms with Crippen LogP contribution in [0.25, 0.3) is 0 Å². The van der Waals surface area contributed by atoms with Crippen molar-refractivity contribution in [3.8, 4) is 0 Å². The maximum atomic E-state index is 11.2. The second kappa shape index (κ2) is 9.41. The summed E-state index contributed by atoms with van der Waals surface area (Å²) >= 11 is 0. The molecule has 0 saturated carbocycles. The topological polar surface area (TPSA) is 26.3 Å². The monoisotopic (exact) mass is 322 g/mol. The summed E-state index contributed by atoms with van der Waals surface area (Å²) in [5.74, 6) is 0.491. The van der Waals surface area contributed by atoms with E-state index in [1.807, 2.05) is 32.0 Å². The minimum atomic E-state index is -0.849. The fourth-order valence-corrected chi connectivity index (χ4v) is 4.45. The molecule has 2 rings (SSSR count). The number of carbonyl (C=O) groups is 1. The second-order valence-electron chi connectivity index (χ2n) is 5.93. The Morgan fingerprint density at radius 3 is 2.13 bits per heavy atom. The molecular weight excluding hydrogens is 298 g/mol. The summed E-state index contributed by atoms with van der Waals surface area (Å²) in [6, 6.07) is 14.5. The quantitative estimate of drug-likeness (QED) is 0.455. The molecule has 0 fully saturated rings. The maximum Gasteiger partial charge on any atom is 1.00 e. The van der Waals surface area contributed by atoms with E-state index in [9.17, 15) is 4.79 Å². The number of rotatable bonds is 6. The Hall–Kier alpha value is -0.903. The van der Waals surface area contributed by atoms with Crippen LogP contribution in [0.2, 0.25) is 0 Å². The Morgan fingerprint density at radius 1 is 1.09 bits per heavy atom. The molecule has 2 aromatic carbocycles. The molecule has 0 bridgehead atoms. The first-order valence-electron chi connectivity index (χ1n) is 7.57. The first-order chi connectivity index (χ1) is 10.5. The van der Waals surface area contributed by atoms with Crippen LogP contribution < -0.4 is 29.5 Å². The van der Waals surface area contributed by atoms with Gasteiger partial charge < -0.3 is 5.95 Å². The molecule has 0 N–H and O–H groups in total. The molecule has 0 aromatic heterocycles. The zero-order valence-corrected chi connectivity index (χ0v) is 15.6. The number of aryl methyl sites for hydroxylation is 2. The van der Waals surface area contributed by atoms with E-state index in [0.29, 0.717) is 5.92 Å². The third-order valence-corrected chi connectivity index (χ3v) is 5.36. The van der Waals surface area contributed by atoms with Crippen molar-refractivity contribution in [2.24, 2.45) is 5.92 Å². The van der Waals surface area contributed by atoms with Crippen molar-refractivity contribution >= 4 is 25.0 Å². The Labute approximate surface area is 154 Å². The summed E-state index contributed by atoms with van der Waals surface area (Å²) in [7, 11) is -0.849. The van der Waals surface area contributed by atoms with Gasteiger partial charge in [-0.15, -0.1) is 0 Å². The molecular formula is C19H24LiO2P. The third-order valence-electron chi connectivity index (χ3n) is 3.46. The Kier molecular flexibility index (Phi) is 8.24. The molecule has 0 aliphatic carbocycles. The van der Waals surface area contributed by atoms with Crippen molar-refractivity contribution in [2.75, 3.05) is 6.61 Å². The number of hydrogen-bond acceptors (Lipinski definition) is 2. The molecule has 0 amide bonds. The summed E-state index contributed by atoms with van der Waals surface area (Å²) in [4.78, 5) is 11.2. The summed E-state index contributed by atoms with van der Waals surface area (Å²) in [5.41, 5.74) is 2.82. The molecule has 0 saturated heterocycles. The minimum Gasteiger partial charge on any atom is -1.00 e. The van der Waals surface area contributed by atoms with Crippen LogP contribution in [-0.4, -0.2) is 12.9 Å². The van der Waals surface area contributed by atoms with Gasteiger partial charge in [0.15, 0.2) is 6.29 Å². The molecule has 2 nitrogen and oxygen atoms in total. The predicted molar refractivity (Wildman–Crippen MR) is 95.8 cm³/mol. The molecule has 0 aliphatic heterocycles. The van der Waals surface area contributed by atoms with Crippen LogP contribution >= 0.6 is 8.15 Å². The molecule has 0 radical (unpaired) electrons. The van der Waals surface area contributed by atoms with Crippen molar-refractivity contribution in [2.45, 2.75) is 27.7 Å². The van der Waals surface area contributed by atoms with Crippen LogP contribution in [0.1, 0.15) is 36.8 Å². The molecule has 0 heterocycles. The fourth-order valence-electron chi connectivity index (χ4n) is 2.34. The van der Waals surface area contributed by atoms with Gasteiger partial charge in [0.2, 0.25) is 0 Å². The van der Waals surface area contributed by atoms with Gasteiger partial charge in [-0.25, -0.2) is 0 Å². The third kappa shape index (κ3) is 5.30. The van der Waals surface area contributed by atoms with Gasteiger partial charge in [-0.3, -0.25) is 4.79 Å². The standard InChI is InChI=1S/C19H23O2P.Li.H/c1-14(2)13-21-22(17-8-6-5-7-9-17)18-10-15(3)19(12-20)16(4)11-18;;/h5-12,14H,13H2,1-4H3;;/q;+1;-1. The van der Waals surface area contributed by atoms with Gasteiger partial charge in [0.05, 0.1) is 14.8 Å². The van der Waals surface area contributed by atoms with Gasteiger partial charge in [-0.1, -0.05) is 44.2 Å². The fraction of sp³-hybridized carbons (Fsp3) is 0.316. The number of benzene rings is 2. The Morgan fingerprint density at radius 2 is 1.65 bits per heavy atom. The van der Waals surface area contributed by atoms with Crippen LogP contribution in [-0.2, 0) is 4.52 Å². The smallest absolute Gasteiger partial charge is 1.00 e. The van der Waals surface area contributed by atoms with Gasteiger partial charge in [0.25, 0.3) is 0 Å². The van der Waals surface area contributed by atoms with Crippen LogP contribution in [0.4, 0.5) is 0 Å². The Bertz CT molecular complexity index is 624. The maximum absolute atomic E-state index is 11.2. The number of carbonyl (C=O) groups excluding carboxylic acids is 1. The van der Waals surface area contributed by atoms with Gasteiger partial charge in [-0.05, 0) is 43.0 Å².